The highest BCUT2D eigenvalue weighted by Gasteiger charge is 1.81. The number of alkyl halides is 1. The molecule has 0 atom stereocenters. The van der Waals surface area contributed by atoms with Crippen LogP contribution in [0.5, 0.6) is 0 Å². The van der Waals surface area contributed by atoms with Gasteiger partial charge in [-0.1, -0.05) is 42.1 Å². The maximum absolute atomic E-state index is 3.38. The van der Waals surface area contributed by atoms with Gasteiger partial charge in [-0.3, -0.25) is 0 Å². The van der Waals surface area contributed by atoms with E-state index in [9.17, 15) is 0 Å². The Hall–Kier alpha value is 0.440. The Balaban J connectivity index is 0. The lowest BCUT2D eigenvalue weighted by Gasteiger charge is -1.89. The fourth-order valence-electron chi connectivity index (χ4n) is 0.521. The monoisotopic (exact) mass is 182 g/mol. The van der Waals surface area contributed by atoms with Gasteiger partial charge in [-0.2, -0.15) is 0 Å². The van der Waals surface area contributed by atoms with Gasteiger partial charge < -0.3 is 5.48 Å². The van der Waals surface area contributed by atoms with Crippen LogP contribution < -0.4 is 0 Å². The molecule has 0 aromatic carbocycles. The van der Waals surface area contributed by atoms with Crippen LogP contribution >= 0.6 is 15.9 Å². The predicted octanol–water partition coefficient (Wildman–Crippen LogP) is 2.14. The molecule has 0 aliphatic carbocycles. The zero-order valence-electron chi connectivity index (χ0n) is 5.41. The van der Waals surface area contributed by atoms with Gasteiger partial charge in [0.2, 0.25) is 0 Å². The van der Waals surface area contributed by atoms with Gasteiger partial charge in [0.1, 0.15) is 0 Å². The van der Waals surface area contributed by atoms with Crippen LogP contribution in [0.25, 0.3) is 0 Å². The molecule has 0 aromatic heterocycles. The number of halogens is 1. The molecule has 52 valence electrons. The van der Waals surface area contributed by atoms with Gasteiger partial charge in [0.25, 0.3) is 0 Å². The van der Waals surface area contributed by atoms with E-state index in [1.54, 1.807) is 0 Å². The van der Waals surface area contributed by atoms with Gasteiger partial charge in [-0.05, 0) is 6.42 Å². The molecule has 2 N–H and O–H groups in total. The summed E-state index contributed by atoms with van der Waals surface area (Å²) in [5.41, 5.74) is 0. The number of rotatable bonds is 4. The van der Waals surface area contributed by atoms with Crippen molar-refractivity contribution in [3.05, 3.63) is 0 Å². The van der Waals surface area contributed by atoms with Crippen LogP contribution in [0.1, 0.15) is 32.6 Å². The molecular weight excluding hydrogens is 168 g/mol. The van der Waals surface area contributed by atoms with E-state index in [0.29, 0.717) is 0 Å². The molecule has 0 bridgehead atoms. The molecule has 0 saturated heterocycles. The minimum Gasteiger partial charge on any atom is -0.412 e. The summed E-state index contributed by atoms with van der Waals surface area (Å²) in [6.07, 6.45) is 5.47. The molecular formula is C6H15BrO. The zero-order valence-corrected chi connectivity index (χ0v) is 7.00. The molecule has 0 aliphatic rings. The van der Waals surface area contributed by atoms with Crippen molar-refractivity contribution >= 4 is 15.9 Å². The number of hydrogen-bond donors (Lipinski definition) is 0. The van der Waals surface area contributed by atoms with Crippen molar-refractivity contribution in [2.24, 2.45) is 0 Å². The first-order valence-electron chi connectivity index (χ1n) is 2.97. The quantitative estimate of drug-likeness (QED) is 0.472. The Kier molecular flexibility index (Phi) is 14.7. The van der Waals surface area contributed by atoms with Gasteiger partial charge in [-0.25, -0.2) is 0 Å². The molecule has 0 aromatic rings. The average Bonchev–Trinajstić information content (AvgIpc) is 1.69. The number of unbranched alkanes of at least 4 members (excludes halogenated alkanes) is 3. The standard InChI is InChI=1S/C6H13Br.H2O/c1-2-3-4-5-6-7;/h2-6H2,1H3;1H2. The SMILES string of the molecule is CCCCCCBr.O. The first kappa shape index (κ1) is 11.3. The molecule has 0 radical (unpaired) electrons. The molecule has 0 heterocycles. The van der Waals surface area contributed by atoms with Gasteiger partial charge >= 0.3 is 0 Å². The van der Waals surface area contributed by atoms with Crippen LogP contribution in [0.4, 0.5) is 0 Å². The summed E-state index contributed by atoms with van der Waals surface area (Å²) in [5, 5.41) is 1.17. The lowest BCUT2D eigenvalue weighted by atomic mass is 10.2. The second-order valence-corrected chi connectivity index (χ2v) is 2.54. The molecule has 0 spiro atoms. The van der Waals surface area contributed by atoms with E-state index in [1.807, 2.05) is 0 Å². The van der Waals surface area contributed by atoms with Crippen molar-refractivity contribution in [2.75, 3.05) is 5.33 Å². The van der Waals surface area contributed by atoms with Crippen LogP contribution in [0.2, 0.25) is 0 Å². The fraction of sp³-hybridized carbons (Fsp3) is 1.00. The molecule has 0 amide bonds. The fourth-order valence-corrected chi connectivity index (χ4v) is 0.918. The Morgan fingerprint density at radius 3 is 2.12 bits per heavy atom. The first-order chi connectivity index (χ1) is 3.41. The summed E-state index contributed by atoms with van der Waals surface area (Å²) < 4.78 is 0. The van der Waals surface area contributed by atoms with E-state index in [4.69, 9.17) is 0 Å². The molecule has 0 unspecified atom stereocenters. The molecule has 0 fully saturated rings. The van der Waals surface area contributed by atoms with Crippen LogP contribution in [-0.4, -0.2) is 10.8 Å². The van der Waals surface area contributed by atoms with Crippen molar-refractivity contribution in [1.29, 1.82) is 0 Å². The van der Waals surface area contributed by atoms with E-state index in [2.05, 4.69) is 22.9 Å². The third-order valence-corrected chi connectivity index (χ3v) is 1.55. The summed E-state index contributed by atoms with van der Waals surface area (Å²) in [7, 11) is 0. The van der Waals surface area contributed by atoms with Crippen LogP contribution in [0.3, 0.4) is 0 Å². The lowest BCUT2D eigenvalue weighted by molar-refractivity contribution is 0.708. The van der Waals surface area contributed by atoms with E-state index in [-0.39, 0.29) is 5.48 Å². The minimum atomic E-state index is 0. The Bertz CT molecular complexity index is 27.7. The highest BCUT2D eigenvalue weighted by molar-refractivity contribution is 9.09. The Morgan fingerprint density at radius 2 is 1.75 bits per heavy atom. The maximum atomic E-state index is 3.38. The highest BCUT2D eigenvalue weighted by atomic mass is 79.9. The molecule has 0 aliphatic heterocycles. The smallest absolute Gasteiger partial charge is 0.00313 e. The molecule has 0 saturated carbocycles. The summed E-state index contributed by atoms with van der Waals surface area (Å²) in [6.45, 7) is 2.23. The van der Waals surface area contributed by atoms with E-state index in [1.165, 1.54) is 31.0 Å². The molecule has 8 heavy (non-hydrogen) atoms. The summed E-state index contributed by atoms with van der Waals surface area (Å²) in [6, 6.07) is 0. The second-order valence-electron chi connectivity index (χ2n) is 1.75. The topological polar surface area (TPSA) is 31.5 Å². The first-order valence-corrected chi connectivity index (χ1v) is 4.10. The van der Waals surface area contributed by atoms with Crippen LogP contribution in [0.15, 0.2) is 0 Å². The summed E-state index contributed by atoms with van der Waals surface area (Å²) in [5.74, 6) is 0. The third kappa shape index (κ3) is 9.67. The maximum Gasteiger partial charge on any atom is 0.00313 e. The normalized spacial score (nSPS) is 8.25. The minimum absolute atomic E-state index is 0. The Morgan fingerprint density at radius 1 is 1.12 bits per heavy atom. The van der Waals surface area contributed by atoms with Crippen LogP contribution in [-0.2, 0) is 0 Å². The predicted molar refractivity (Wildman–Crippen MR) is 41.5 cm³/mol. The second kappa shape index (κ2) is 10.4. The number of hydrogen-bond acceptors (Lipinski definition) is 0. The molecule has 0 rings (SSSR count). The van der Waals surface area contributed by atoms with E-state index in [0.717, 1.165) is 0 Å². The van der Waals surface area contributed by atoms with Crippen molar-refractivity contribution in [3.63, 3.8) is 0 Å². The highest BCUT2D eigenvalue weighted by Crippen LogP contribution is 1.99. The van der Waals surface area contributed by atoms with Crippen molar-refractivity contribution < 1.29 is 5.48 Å². The van der Waals surface area contributed by atoms with Crippen molar-refractivity contribution in [3.8, 4) is 0 Å². The average molecular weight is 183 g/mol. The lowest BCUT2D eigenvalue weighted by Crippen LogP contribution is -1.73. The van der Waals surface area contributed by atoms with Gasteiger partial charge in [-0.15, -0.1) is 0 Å². The van der Waals surface area contributed by atoms with Gasteiger partial charge in [0, 0.05) is 5.33 Å². The Labute approximate surface area is 59.9 Å². The third-order valence-electron chi connectivity index (χ3n) is 0.987. The van der Waals surface area contributed by atoms with Gasteiger partial charge in [0.05, 0.1) is 0 Å². The zero-order chi connectivity index (χ0) is 5.54. The van der Waals surface area contributed by atoms with E-state index >= 15 is 0 Å². The molecule has 2 heteroatoms. The van der Waals surface area contributed by atoms with Crippen molar-refractivity contribution in [1.82, 2.24) is 0 Å². The van der Waals surface area contributed by atoms with Crippen LogP contribution in [0, 0.1) is 0 Å². The summed E-state index contributed by atoms with van der Waals surface area (Å²) >= 11 is 3.38. The van der Waals surface area contributed by atoms with Gasteiger partial charge in [0.15, 0.2) is 0 Å². The van der Waals surface area contributed by atoms with E-state index < -0.39 is 0 Å². The largest absolute Gasteiger partial charge is 0.412 e. The summed E-state index contributed by atoms with van der Waals surface area (Å²) in [4.78, 5) is 0. The van der Waals surface area contributed by atoms with Crippen molar-refractivity contribution in [2.45, 2.75) is 32.6 Å². The molecule has 1 nitrogen and oxygen atoms in total.